The van der Waals surface area contributed by atoms with E-state index in [9.17, 15) is 9.59 Å². The average molecular weight is 400 g/mol. The third-order valence-corrected chi connectivity index (χ3v) is 5.66. The van der Waals surface area contributed by atoms with Crippen molar-refractivity contribution < 1.29 is 14.3 Å². The van der Waals surface area contributed by atoms with Crippen LogP contribution in [0.15, 0.2) is 12.7 Å². The predicted molar refractivity (Wildman–Crippen MR) is 105 cm³/mol. The summed E-state index contributed by atoms with van der Waals surface area (Å²) in [6.07, 6.45) is 4.74. The zero-order valence-corrected chi connectivity index (χ0v) is 17.4. The molecule has 0 spiro atoms. The van der Waals surface area contributed by atoms with Crippen molar-refractivity contribution in [3.8, 4) is 0 Å². The van der Waals surface area contributed by atoms with Gasteiger partial charge < -0.3 is 24.5 Å². The molecule has 29 heavy (non-hydrogen) atoms. The number of H-pyrrole nitrogens is 2. The first kappa shape index (κ1) is 19.6. The molecule has 2 aromatic rings. The van der Waals surface area contributed by atoms with Gasteiger partial charge in [-0.15, -0.1) is 0 Å². The normalized spacial score (nSPS) is 17.1. The Balaban J connectivity index is 1.43. The molecular formula is C20H28N6O3. The highest BCUT2D eigenvalue weighted by Crippen LogP contribution is 2.28. The largest absolute Gasteiger partial charge is 0.350 e. The summed E-state index contributed by atoms with van der Waals surface area (Å²) < 4.78 is 6.16. The van der Waals surface area contributed by atoms with Crippen LogP contribution in [-0.4, -0.2) is 65.8 Å². The molecule has 0 aromatic carbocycles. The van der Waals surface area contributed by atoms with Gasteiger partial charge in [-0.3, -0.25) is 9.59 Å². The Morgan fingerprint density at radius 1 is 0.862 bits per heavy atom. The van der Waals surface area contributed by atoms with E-state index in [2.05, 4.69) is 19.9 Å². The highest BCUT2D eigenvalue weighted by atomic mass is 16.5. The van der Waals surface area contributed by atoms with Crippen LogP contribution in [0.5, 0.6) is 0 Å². The van der Waals surface area contributed by atoms with Gasteiger partial charge in [0.05, 0.1) is 48.5 Å². The minimum absolute atomic E-state index is 0.131. The zero-order chi connectivity index (χ0) is 20.8. The number of aromatic nitrogens is 4. The molecule has 0 radical (unpaired) electrons. The lowest BCUT2D eigenvalue weighted by Gasteiger charge is -2.40. The van der Waals surface area contributed by atoms with Crippen LogP contribution in [-0.2, 0) is 40.3 Å². The van der Waals surface area contributed by atoms with Gasteiger partial charge in [-0.05, 0) is 27.7 Å². The van der Waals surface area contributed by atoms with Crippen molar-refractivity contribution in [2.45, 2.75) is 64.8 Å². The molecule has 9 nitrogen and oxygen atoms in total. The average Bonchev–Trinajstić information content (AvgIpc) is 3.33. The number of ether oxygens (including phenoxy) is 1. The number of nitrogens with zero attached hydrogens (tertiary/aromatic N) is 4. The molecule has 0 aliphatic carbocycles. The van der Waals surface area contributed by atoms with Gasteiger partial charge in [0.25, 0.3) is 11.8 Å². The lowest BCUT2D eigenvalue weighted by molar-refractivity contribution is -0.185. The molecule has 4 heterocycles. The molecule has 4 rings (SSSR count). The topological polar surface area (TPSA) is 107 Å². The highest BCUT2D eigenvalue weighted by Gasteiger charge is 2.44. The molecule has 2 aliphatic heterocycles. The minimum atomic E-state index is -1.13. The van der Waals surface area contributed by atoms with Crippen LogP contribution in [0.3, 0.4) is 0 Å². The Bertz CT molecular complexity index is 854. The number of rotatable bonds is 4. The van der Waals surface area contributed by atoms with Crippen LogP contribution >= 0.6 is 0 Å². The maximum Gasteiger partial charge on any atom is 0.254 e. The molecular weight excluding hydrogens is 372 g/mol. The third kappa shape index (κ3) is 3.66. The Morgan fingerprint density at radius 3 is 1.69 bits per heavy atom. The molecule has 2 aliphatic rings. The monoisotopic (exact) mass is 400 g/mol. The smallest absolute Gasteiger partial charge is 0.254 e. The number of carbonyl (C=O) groups excluding carboxylic acids is 2. The number of nitrogens with one attached hydrogen (secondary N) is 2. The van der Waals surface area contributed by atoms with Crippen LogP contribution in [0, 0.1) is 0 Å². The first-order valence-electron chi connectivity index (χ1n) is 9.98. The van der Waals surface area contributed by atoms with Gasteiger partial charge >= 0.3 is 0 Å². The van der Waals surface area contributed by atoms with Gasteiger partial charge in [-0.2, -0.15) is 0 Å². The molecule has 0 bridgehead atoms. The van der Waals surface area contributed by atoms with E-state index in [-0.39, 0.29) is 11.8 Å². The molecule has 0 unspecified atom stereocenters. The number of hydrogen-bond acceptors (Lipinski definition) is 5. The minimum Gasteiger partial charge on any atom is -0.350 e. The molecule has 2 N–H and O–H groups in total. The van der Waals surface area contributed by atoms with Gasteiger partial charge in [0.15, 0.2) is 0 Å². The number of fused-ring (bicyclic) bond motifs is 2. The summed E-state index contributed by atoms with van der Waals surface area (Å²) in [6.45, 7) is 9.06. The summed E-state index contributed by atoms with van der Waals surface area (Å²) in [4.78, 5) is 44.6. The second-order valence-corrected chi connectivity index (χ2v) is 8.73. The van der Waals surface area contributed by atoms with Crippen molar-refractivity contribution in [3.05, 3.63) is 35.4 Å². The SMILES string of the molecule is CC(C)(OC(C)(C)C(=O)N1CCc2nc[nH]c2C1)C(=O)N1CCc2nc[nH]c2C1. The quantitative estimate of drug-likeness (QED) is 0.801. The van der Waals surface area contributed by atoms with Crippen LogP contribution in [0.25, 0.3) is 0 Å². The van der Waals surface area contributed by atoms with Gasteiger partial charge in [0.2, 0.25) is 0 Å². The molecule has 0 fully saturated rings. The number of carbonyl (C=O) groups is 2. The molecule has 9 heteroatoms. The van der Waals surface area contributed by atoms with E-state index in [1.54, 1.807) is 50.1 Å². The summed E-state index contributed by atoms with van der Waals surface area (Å²) in [6, 6.07) is 0. The van der Waals surface area contributed by atoms with Crippen LogP contribution < -0.4 is 0 Å². The van der Waals surface area contributed by atoms with Crippen LogP contribution in [0.4, 0.5) is 0 Å². The van der Waals surface area contributed by atoms with E-state index in [0.717, 1.165) is 22.8 Å². The van der Waals surface area contributed by atoms with Crippen LogP contribution in [0.2, 0.25) is 0 Å². The Morgan fingerprint density at radius 2 is 1.28 bits per heavy atom. The second kappa shape index (κ2) is 6.98. The predicted octanol–water partition coefficient (Wildman–Crippen LogP) is 1.18. The third-order valence-electron chi connectivity index (χ3n) is 5.66. The fraction of sp³-hybridized carbons (Fsp3) is 0.600. The van der Waals surface area contributed by atoms with Crippen molar-refractivity contribution in [2.75, 3.05) is 13.1 Å². The fourth-order valence-electron chi connectivity index (χ4n) is 4.26. The van der Waals surface area contributed by atoms with E-state index in [0.29, 0.717) is 39.0 Å². The van der Waals surface area contributed by atoms with Gasteiger partial charge in [0.1, 0.15) is 11.2 Å². The number of amides is 2. The number of aromatic amines is 2. The molecule has 0 saturated carbocycles. The highest BCUT2D eigenvalue weighted by molar-refractivity contribution is 5.87. The summed E-state index contributed by atoms with van der Waals surface area (Å²) in [7, 11) is 0. The van der Waals surface area contributed by atoms with Crippen molar-refractivity contribution in [1.29, 1.82) is 0 Å². The van der Waals surface area contributed by atoms with Gasteiger partial charge in [0, 0.05) is 25.9 Å². The molecule has 0 saturated heterocycles. The van der Waals surface area contributed by atoms with Crippen molar-refractivity contribution in [2.24, 2.45) is 0 Å². The van der Waals surface area contributed by atoms with Crippen LogP contribution in [0.1, 0.15) is 50.5 Å². The lowest BCUT2D eigenvalue weighted by atomic mass is 10.00. The summed E-state index contributed by atoms with van der Waals surface area (Å²) in [5, 5.41) is 0. The molecule has 156 valence electrons. The van der Waals surface area contributed by atoms with E-state index < -0.39 is 11.2 Å². The Kier molecular flexibility index (Phi) is 4.72. The Hall–Kier alpha value is -2.68. The second-order valence-electron chi connectivity index (χ2n) is 8.73. The number of imidazole rings is 2. The van der Waals surface area contributed by atoms with E-state index in [1.165, 1.54) is 0 Å². The zero-order valence-electron chi connectivity index (χ0n) is 17.4. The lowest BCUT2D eigenvalue weighted by Crippen LogP contribution is -2.56. The van der Waals surface area contributed by atoms with E-state index in [1.807, 2.05) is 0 Å². The fourth-order valence-corrected chi connectivity index (χ4v) is 4.26. The van der Waals surface area contributed by atoms with E-state index >= 15 is 0 Å². The summed E-state index contributed by atoms with van der Waals surface area (Å²) >= 11 is 0. The van der Waals surface area contributed by atoms with Crippen molar-refractivity contribution in [3.63, 3.8) is 0 Å². The van der Waals surface area contributed by atoms with Gasteiger partial charge in [-0.25, -0.2) is 9.97 Å². The van der Waals surface area contributed by atoms with E-state index in [4.69, 9.17) is 4.74 Å². The summed E-state index contributed by atoms with van der Waals surface area (Å²) in [5.41, 5.74) is 1.66. The van der Waals surface area contributed by atoms with Gasteiger partial charge in [-0.1, -0.05) is 0 Å². The number of hydrogen-bond donors (Lipinski definition) is 2. The molecule has 2 amide bonds. The van der Waals surface area contributed by atoms with Crippen molar-refractivity contribution >= 4 is 11.8 Å². The maximum atomic E-state index is 13.2. The summed E-state index contributed by atoms with van der Waals surface area (Å²) in [5.74, 6) is -0.263. The molecule has 0 atom stereocenters. The molecule has 2 aromatic heterocycles. The first-order chi connectivity index (χ1) is 13.7. The maximum absolute atomic E-state index is 13.2. The Labute approximate surface area is 169 Å². The standard InChI is InChI=1S/C20H28N6O3/c1-19(2,17(27)25-7-5-13-15(9-25)23-11-21-13)29-20(3,4)18(28)26-8-6-14-16(10-26)24-12-22-14/h11-12H,5-10H2,1-4H3,(H,21,23)(H,22,24). The first-order valence-corrected chi connectivity index (χ1v) is 9.98. The van der Waals surface area contributed by atoms with Crippen molar-refractivity contribution in [1.82, 2.24) is 29.7 Å².